The average molecular weight is 396 g/mol. The first kappa shape index (κ1) is 21.0. The van der Waals surface area contributed by atoms with Crippen LogP contribution in [0.4, 0.5) is 4.39 Å². The minimum Gasteiger partial charge on any atom is -0.497 e. The van der Waals surface area contributed by atoms with E-state index in [1.165, 1.54) is 12.1 Å². The summed E-state index contributed by atoms with van der Waals surface area (Å²) in [7, 11) is 1.58. The summed E-state index contributed by atoms with van der Waals surface area (Å²) in [6.45, 7) is 4.95. The van der Waals surface area contributed by atoms with Gasteiger partial charge in [-0.15, -0.1) is 0 Å². The Morgan fingerprint density at radius 3 is 2.41 bits per heavy atom. The van der Waals surface area contributed by atoms with Gasteiger partial charge in [0.2, 0.25) is 0 Å². The SMILES string of the molecule is COc1ccc(OCc2c(Cl)cc(F)cc2C(C)NC(C)(C)C(=O)O)cc1. The molecule has 0 radical (unpaired) electrons. The quantitative estimate of drug-likeness (QED) is 0.684. The molecule has 2 aromatic carbocycles. The van der Waals surface area contributed by atoms with Crippen LogP contribution in [0.2, 0.25) is 5.02 Å². The van der Waals surface area contributed by atoms with Gasteiger partial charge >= 0.3 is 5.97 Å². The van der Waals surface area contributed by atoms with Gasteiger partial charge in [-0.2, -0.15) is 0 Å². The number of benzene rings is 2. The zero-order valence-corrected chi connectivity index (χ0v) is 16.4. The maximum atomic E-state index is 13.9. The summed E-state index contributed by atoms with van der Waals surface area (Å²) in [6, 6.07) is 9.14. The van der Waals surface area contributed by atoms with Crippen molar-refractivity contribution in [1.29, 1.82) is 0 Å². The van der Waals surface area contributed by atoms with Gasteiger partial charge in [-0.05, 0) is 62.7 Å². The number of hydrogen-bond acceptors (Lipinski definition) is 4. The molecule has 0 heterocycles. The second-order valence-corrected chi connectivity index (χ2v) is 7.12. The lowest BCUT2D eigenvalue weighted by molar-refractivity contribution is -0.143. The number of nitrogens with one attached hydrogen (secondary N) is 1. The topological polar surface area (TPSA) is 67.8 Å². The normalized spacial score (nSPS) is 12.5. The molecule has 2 rings (SSSR count). The third kappa shape index (κ3) is 5.34. The molecule has 2 N–H and O–H groups in total. The second-order valence-electron chi connectivity index (χ2n) is 6.72. The van der Waals surface area contributed by atoms with Crippen molar-refractivity contribution in [1.82, 2.24) is 5.32 Å². The number of ether oxygens (including phenoxy) is 2. The minimum absolute atomic E-state index is 0.111. The molecule has 7 heteroatoms. The molecule has 2 aromatic rings. The Kier molecular flexibility index (Phi) is 6.68. The molecule has 146 valence electrons. The highest BCUT2D eigenvalue weighted by Gasteiger charge is 2.30. The first-order valence-corrected chi connectivity index (χ1v) is 8.77. The van der Waals surface area contributed by atoms with Crippen molar-refractivity contribution in [2.24, 2.45) is 0 Å². The minimum atomic E-state index is -1.19. The number of rotatable bonds is 8. The van der Waals surface area contributed by atoms with Gasteiger partial charge in [0.05, 0.1) is 12.1 Å². The van der Waals surface area contributed by atoms with E-state index in [0.29, 0.717) is 22.6 Å². The summed E-state index contributed by atoms with van der Waals surface area (Å²) in [4.78, 5) is 11.4. The lowest BCUT2D eigenvalue weighted by atomic mass is 9.97. The fourth-order valence-electron chi connectivity index (χ4n) is 2.67. The van der Waals surface area contributed by atoms with Crippen LogP contribution in [0.1, 0.15) is 37.9 Å². The average Bonchev–Trinajstić information content (AvgIpc) is 2.60. The molecule has 0 spiro atoms. The van der Waals surface area contributed by atoms with Crippen LogP contribution in [0.15, 0.2) is 36.4 Å². The summed E-state index contributed by atoms with van der Waals surface area (Å²) < 4.78 is 24.8. The summed E-state index contributed by atoms with van der Waals surface area (Å²) in [5.74, 6) is -0.192. The number of carboxylic acids is 1. The van der Waals surface area contributed by atoms with E-state index >= 15 is 0 Å². The molecule has 1 unspecified atom stereocenters. The molecule has 27 heavy (non-hydrogen) atoms. The number of aliphatic carboxylic acids is 1. The molecule has 0 bridgehead atoms. The first-order valence-electron chi connectivity index (χ1n) is 8.40. The Balaban J connectivity index is 2.25. The van der Waals surface area contributed by atoms with E-state index in [2.05, 4.69) is 5.32 Å². The Morgan fingerprint density at radius 1 is 1.26 bits per heavy atom. The molecule has 0 amide bonds. The van der Waals surface area contributed by atoms with Crippen LogP contribution >= 0.6 is 11.6 Å². The molecule has 0 saturated carbocycles. The van der Waals surface area contributed by atoms with Gasteiger partial charge in [-0.3, -0.25) is 10.1 Å². The largest absolute Gasteiger partial charge is 0.497 e. The number of carboxylic acid groups (broad SMARTS) is 1. The van der Waals surface area contributed by atoms with Crippen molar-refractivity contribution < 1.29 is 23.8 Å². The van der Waals surface area contributed by atoms with Crippen LogP contribution in [0.3, 0.4) is 0 Å². The molecule has 5 nitrogen and oxygen atoms in total. The molecule has 0 fully saturated rings. The zero-order chi connectivity index (χ0) is 20.2. The van der Waals surface area contributed by atoms with Crippen LogP contribution in [0.5, 0.6) is 11.5 Å². The summed E-state index contributed by atoms with van der Waals surface area (Å²) in [6.07, 6.45) is 0. The van der Waals surface area contributed by atoms with Gasteiger partial charge in [-0.25, -0.2) is 4.39 Å². The molecular weight excluding hydrogens is 373 g/mol. The fourth-order valence-corrected chi connectivity index (χ4v) is 2.94. The predicted octanol–water partition coefficient (Wildman–Crippen LogP) is 4.58. The van der Waals surface area contributed by atoms with Gasteiger partial charge in [-0.1, -0.05) is 11.6 Å². The summed E-state index contributed by atoms with van der Waals surface area (Å²) in [5.41, 5.74) is -0.0512. The Hall–Kier alpha value is -2.31. The summed E-state index contributed by atoms with van der Waals surface area (Å²) >= 11 is 6.24. The van der Waals surface area contributed by atoms with Gasteiger partial charge in [0.15, 0.2) is 0 Å². The fraction of sp³-hybridized carbons (Fsp3) is 0.350. The van der Waals surface area contributed by atoms with Crippen molar-refractivity contribution in [3.63, 3.8) is 0 Å². The number of halogens is 2. The van der Waals surface area contributed by atoms with Crippen LogP contribution in [-0.4, -0.2) is 23.7 Å². The van der Waals surface area contributed by atoms with Crippen molar-refractivity contribution >= 4 is 17.6 Å². The number of hydrogen-bond donors (Lipinski definition) is 2. The van der Waals surface area contributed by atoms with E-state index in [1.807, 2.05) is 0 Å². The monoisotopic (exact) mass is 395 g/mol. The van der Waals surface area contributed by atoms with Crippen LogP contribution in [0, 0.1) is 5.82 Å². The van der Waals surface area contributed by atoms with E-state index in [1.54, 1.807) is 52.1 Å². The molecule has 0 aromatic heterocycles. The lowest BCUT2D eigenvalue weighted by Gasteiger charge is -2.28. The van der Waals surface area contributed by atoms with Crippen molar-refractivity contribution in [3.8, 4) is 11.5 Å². The maximum absolute atomic E-state index is 13.9. The Morgan fingerprint density at radius 2 is 1.85 bits per heavy atom. The van der Waals surface area contributed by atoms with E-state index in [0.717, 1.165) is 0 Å². The van der Waals surface area contributed by atoms with Gasteiger partial charge < -0.3 is 14.6 Å². The first-order chi connectivity index (χ1) is 12.6. The summed E-state index contributed by atoms with van der Waals surface area (Å²) in [5, 5.41) is 12.5. The van der Waals surface area contributed by atoms with Crippen LogP contribution < -0.4 is 14.8 Å². The van der Waals surface area contributed by atoms with Gasteiger partial charge in [0.1, 0.15) is 29.5 Å². The zero-order valence-electron chi connectivity index (χ0n) is 15.7. The van der Waals surface area contributed by atoms with Gasteiger partial charge in [0, 0.05) is 11.6 Å². The van der Waals surface area contributed by atoms with E-state index in [-0.39, 0.29) is 11.6 Å². The molecule has 0 aliphatic rings. The van der Waals surface area contributed by atoms with Gasteiger partial charge in [0.25, 0.3) is 0 Å². The van der Waals surface area contributed by atoms with Crippen LogP contribution in [-0.2, 0) is 11.4 Å². The highest BCUT2D eigenvalue weighted by atomic mass is 35.5. The maximum Gasteiger partial charge on any atom is 0.323 e. The molecule has 1 atom stereocenters. The van der Waals surface area contributed by atoms with Crippen LogP contribution in [0.25, 0.3) is 0 Å². The second kappa shape index (κ2) is 8.59. The predicted molar refractivity (Wildman–Crippen MR) is 102 cm³/mol. The highest BCUT2D eigenvalue weighted by Crippen LogP contribution is 2.29. The number of methoxy groups -OCH3 is 1. The smallest absolute Gasteiger partial charge is 0.323 e. The van der Waals surface area contributed by atoms with E-state index in [4.69, 9.17) is 21.1 Å². The lowest BCUT2D eigenvalue weighted by Crippen LogP contribution is -2.47. The molecule has 0 aliphatic carbocycles. The Labute approximate surface area is 163 Å². The highest BCUT2D eigenvalue weighted by molar-refractivity contribution is 6.31. The third-order valence-corrected chi connectivity index (χ3v) is 4.55. The van der Waals surface area contributed by atoms with Crippen molar-refractivity contribution in [2.45, 2.75) is 39.0 Å². The third-order valence-electron chi connectivity index (χ3n) is 4.22. The van der Waals surface area contributed by atoms with E-state index < -0.39 is 23.4 Å². The van der Waals surface area contributed by atoms with E-state index in [9.17, 15) is 14.3 Å². The van der Waals surface area contributed by atoms with Crippen molar-refractivity contribution in [2.75, 3.05) is 7.11 Å². The molecule has 0 aliphatic heterocycles. The Bertz CT molecular complexity index is 808. The standard InChI is InChI=1S/C20H23ClFNO4/c1-12(23-20(2,3)19(24)25)16-9-13(22)10-18(21)17(16)11-27-15-7-5-14(26-4)6-8-15/h5-10,12,23H,11H2,1-4H3,(H,24,25). The van der Waals surface area contributed by atoms with Crippen molar-refractivity contribution in [3.05, 3.63) is 58.4 Å². The molecule has 0 saturated heterocycles. The molecular formula is C20H23ClFNO4. The number of carbonyl (C=O) groups is 1.